The average molecular weight is 549 g/mol. The van der Waals surface area contributed by atoms with E-state index in [2.05, 4.69) is 5.16 Å². The lowest BCUT2D eigenvalue weighted by atomic mass is 9.67. The van der Waals surface area contributed by atoms with Crippen molar-refractivity contribution in [3.05, 3.63) is 0 Å². The summed E-state index contributed by atoms with van der Waals surface area (Å²) in [6.07, 6.45) is 1.80. The van der Waals surface area contributed by atoms with Crippen LogP contribution in [0.5, 0.6) is 0 Å². The summed E-state index contributed by atoms with van der Waals surface area (Å²) in [4.78, 5) is 37.6. The molecule has 0 spiro atoms. The summed E-state index contributed by atoms with van der Waals surface area (Å²) in [6.45, 7) is 13.0. The molecular weight excluding hydrogens is 508 g/mol. The third-order valence-electron chi connectivity index (χ3n) is 6.11. The minimum absolute atomic E-state index is 0.0562. The molecule has 1 amide bonds. The lowest BCUT2D eigenvalue weighted by Crippen LogP contribution is -2.53. The molecule has 0 radical (unpaired) electrons. The van der Waals surface area contributed by atoms with Gasteiger partial charge in [-0.1, -0.05) is 5.16 Å². The molecule has 0 unspecified atom stereocenters. The number of nitrogens with zero attached hydrogens (tertiary/aromatic N) is 2. The van der Waals surface area contributed by atoms with E-state index < -0.39 is 33.1 Å². The molecule has 13 heteroatoms. The number of hydrogen-bond acceptors (Lipinski definition) is 11. The predicted octanol–water partition coefficient (Wildman–Crippen LogP) is 2.86. The highest BCUT2D eigenvalue weighted by Gasteiger charge is 2.59. The Morgan fingerprint density at radius 3 is 1.92 bits per heavy atom. The first-order chi connectivity index (χ1) is 16.8. The minimum atomic E-state index is -3.43. The summed E-state index contributed by atoms with van der Waals surface area (Å²) in [7, 11) is -3.43. The van der Waals surface area contributed by atoms with Crippen molar-refractivity contribution in [2.45, 2.75) is 98.0 Å². The molecule has 2 aliphatic heterocycles. The molecule has 1 N–H and O–H groups in total. The fourth-order valence-corrected chi connectivity index (χ4v) is 4.91. The van der Waals surface area contributed by atoms with Crippen molar-refractivity contribution < 1.29 is 46.4 Å². The molecule has 4 fully saturated rings. The fourth-order valence-electron chi connectivity index (χ4n) is 4.45. The van der Waals surface area contributed by atoms with Crippen LogP contribution in [0.15, 0.2) is 5.16 Å². The SMILES string of the molecule is CC(C)(C)OC(=O)N1CC2(COS(C)(=O)=O)CC1C2.CC(C)OC(=O)C1(C(=O)OC(C)C)CC(=NO)C1. The number of hydrogen-bond donors (Lipinski definition) is 1. The number of carbonyl (C=O) groups is 3. The fraction of sp³-hybridized carbons (Fsp3) is 0.833. The Labute approximate surface area is 218 Å². The maximum absolute atomic E-state index is 12.0. The maximum Gasteiger partial charge on any atom is 0.410 e. The van der Waals surface area contributed by atoms with Crippen LogP contribution >= 0.6 is 0 Å². The Hall–Kier alpha value is -2.41. The van der Waals surface area contributed by atoms with Crippen molar-refractivity contribution in [3.8, 4) is 0 Å². The number of carbonyl (C=O) groups excluding carboxylic acids is 3. The number of fused-ring (bicyclic) bond motifs is 1. The van der Waals surface area contributed by atoms with E-state index in [9.17, 15) is 22.8 Å². The molecular formula is C24H40N2O10S. The van der Waals surface area contributed by atoms with Crippen LogP contribution in [0.25, 0.3) is 0 Å². The number of esters is 2. The number of ether oxygens (including phenoxy) is 3. The second kappa shape index (κ2) is 11.1. The van der Waals surface area contributed by atoms with Crippen LogP contribution in [0.3, 0.4) is 0 Å². The zero-order chi connectivity index (χ0) is 28.4. The van der Waals surface area contributed by atoms with Crippen LogP contribution in [0.4, 0.5) is 4.79 Å². The number of oxime groups is 1. The zero-order valence-electron chi connectivity index (χ0n) is 22.9. The van der Waals surface area contributed by atoms with E-state index in [-0.39, 0.29) is 49.2 Å². The van der Waals surface area contributed by atoms with Gasteiger partial charge >= 0.3 is 18.0 Å². The van der Waals surface area contributed by atoms with Gasteiger partial charge in [0.1, 0.15) is 5.60 Å². The Bertz CT molecular complexity index is 975. The molecule has 0 aromatic carbocycles. The molecule has 2 saturated carbocycles. The van der Waals surface area contributed by atoms with E-state index in [4.69, 9.17) is 23.6 Å². The predicted molar refractivity (Wildman–Crippen MR) is 133 cm³/mol. The third-order valence-corrected chi connectivity index (χ3v) is 6.66. The van der Waals surface area contributed by atoms with Gasteiger partial charge in [-0.2, -0.15) is 8.42 Å². The maximum atomic E-state index is 12.0. The first kappa shape index (κ1) is 30.8. The van der Waals surface area contributed by atoms with Crippen LogP contribution in [-0.4, -0.2) is 85.5 Å². The molecule has 4 rings (SSSR count). The molecule has 212 valence electrons. The highest BCUT2D eigenvalue weighted by molar-refractivity contribution is 7.85. The lowest BCUT2D eigenvalue weighted by molar-refractivity contribution is -0.178. The van der Waals surface area contributed by atoms with Gasteiger partial charge in [-0.15, -0.1) is 0 Å². The van der Waals surface area contributed by atoms with Crippen molar-refractivity contribution in [3.63, 3.8) is 0 Å². The topological polar surface area (TPSA) is 158 Å². The van der Waals surface area contributed by atoms with Crippen LogP contribution < -0.4 is 0 Å². The van der Waals surface area contributed by atoms with E-state index in [0.717, 1.165) is 19.1 Å². The van der Waals surface area contributed by atoms with Crippen molar-refractivity contribution in [1.29, 1.82) is 0 Å². The molecule has 2 aliphatic carbocycles. The molecule has 2 heterocycles. The minimum Gasteiger partial charge on any atom is -0.462 e. The van der Waals surface area contributed by atoms with Gasteiger partial charge in [-0.05, 0) is 61.3 Å². The first-order valence-corrected chi connectivity index (χ1v) is 14.1. The van der Waals surface area contributed by atoms with Crippen molar-refractivity contribution in [1.82, 2.24) is 4.90 Å². The van der Waals surface area contributed by atoms with Crippen molar-refractivity contribution >= 4 is 33.9 Å². The van der Waals surface area contributed by atoms with Gasteiger partial charge in [0, 0.05) is 30.8 Å². The molecule has 2 bridgehead atoms. The Kier molecular flexibility index (Phi) is 9.28. The number of rotatable bonds is 7. The smallest absolute Gasteiger partial charge is 0.410 e. The Balaban J connectivity index is 0.000000261. The second-order valence-electron chi connectivity index (χ2n) is 11.6. The first-order valence-electron chi connectivity index (χ1n) is 12.3. The van der Waals surface area contributed by atoms with Crippen LogP contribution in [0, 0.1) is 10.8 Å². The molecule has 2 saturated heterocycles. The molecule has 0 atom stereocenters. The van der Waals surface area contributed by atoms with E-state index in [1.165, 1.54) is 0 Å². The second-order valence-corrected chi connectivity index (χ2v) is 13.3. The summed E-state index contributed by atoms with van der Waals surface area (Å²) >= 11 is 0. The Morgan fingerprint density at radius 2 is 1.54 bits per heavy atom. The van der Waals surface area contributed by atoms with E-state index in [1.54, 1.807) is 32.6 Å². The van der Waals surface area contributed by atoms with E-state index in [0.29, 0.717) is 12.3 Å². The molecule has 12 nitrogen and oxygen atoms in total. The summed E-state index contributed by atoms with van der Waals surface area (Å²) in [6, 6.07) is 0.165. The highest BCUT2D eigenvalue weighted by atomic mass is 32.2. The van der Waals surface area contributed by atoms with E-state index in [1.807, 2.05) is 20.8 Å². The summed E-state index contributed by atoms with van der Waals surface area (Å²) < 4.78 is 42.4. The molecule has 0 aromatic heterocycles. The normalized spacial score (nSPS) is 23.9. The summed E-state index contributed by atoms with van der Waals surface area (Å²) in [5.74, 6) is -1.23. The highest BCUT2D eigenvalue weighted by Crippen LogP contribution is 2.52. The summed E-state index contributed by atoms with van der Waals surface area (Å²) in [5.41, 5.74) is -1.65. The van der Waals surface area contributed by atoms with Gasteiger partial charge in [0.2, 0.25) is 0 Å². The standard InChI is InChI=1S/C12H21NO5S.C12H19NO5/c1-11(2,3)18-10(14)13-7-12(5-9(13)6-12)8-17-19(4,15)16;1-7(2)17-10(14)12(5-9(6-12)13-16)11(15)18-8(3)4/h9H,5-8H2,1-4H3;7-8,16H,5-6H2,1-4H3. The van der Waals surface area contributed by atoms with Gasteiger partial charge in [-0.3, -0.25) is 13.8 Å². The lowest BCUT2D eigenvalue weighted by Gasteiger charge is -2.37. The molecule has 0 aromatic rings. The Morgan fingerprint density at radius 1 is 1.05 bits per heavy atom. The van der Waals surface area contributed by atoms with Gasteiger partial charge in [-0.25, -0.2) is 4.79 Å². The van der Waals surface area contributed by atoms with E-state index >= 15 is 0 Å². The van der Waals surface area contributed by atoms with Gasteiger partial charge in [0.15, 0.2) is 5.41 Å². The van der Waals surface area contributed by atoms with Gasteiger partial charge in [0.05, 0.1) is 30.8 Å². The number of amides is 1. The van der Waals surface area contributed by atoms with Crippen LogP contribution in [0.1, 0.15) is 74.1 Å². The van der Waals surface area contributed by atoms with Crippen molar-refractivity contribution in [2.75, 3.05) is 19.4 Å². The monoisotopic (exact) mass is 548 g/mol. The summed E-state index contributed by atoms with van der Waals surface area (Å²) in [5, 5.41) is 11.6. The largest absolute Gasteiger partial charge is 0.462 e. The van der Waals surface area contributed by atoms with Crippen LogP contribution in [0.2, 0.25) is 0 Å². The van der Waals surface area contributed by atoms with Crippen LogP contribution in [-0.2, 0) is 38.1 Å². The average Bonchev–Trinajstić information content (AvgIpc) is 3.20. The van der Waals surface area contributed by atoms with Crippen molar-refractivity contribution in [2.24, 2.45) is 16.0 Å². The quantitative estimate of drug-likeness (QED) is 0.125. The van der Waals surface area contributed by atoms with Gasteiger partial charge in [0.25, 0.3) is 10.1 Å². The van der Waals surface area contributed by atoms with Gasteiger partial charge < -0.3 is 24.3 Å². The third kappa shape index (κ3) is 8.03. The zero-order valence-corrected chi connectivity index (χ0v) is 23.7. The molecule has 37 heavy (non-hydrogen) atoms. The molecule has 4 aliphatic rings.